The predicted molar refractivity (Wildman–Crippen MR) is 71.8 cm³/mol. The lowest BCUT2D eigenvalue weighted by Gasteiger charge is -2.18. The first-order chi connectivity index (χ1) is 8.15. The maximum atomic E-state index is 11.3. The molecule has 0 unspecified atom stereocenters. The minimum absolute atomic E-state index is 0.405. The van der Waals surface area contributed by atoms with Gasteiger partial charge in [-0.3, -0.25) is 9.59 Å². The van der Waals surface area contributed by atoms with Crippen molar-refractivity contribution >= 4 is 11.4 Å². The average molecular weight is 239 g/mol. The largest absolute Gasteiger partial charge is 0.383 e. The molecule has 0 atom stereocenters. The second kappa shape index (κ2) is 6.39. The summed E-state index contributed by atoms with van der Waals surface area (Å²) in [5, 5.41) is 5.76. The van der Waals surface area contributed by atoms with E-state index in [0.717, 1.165) is 32.6 Å². The normalized spacial score (nSPS) is 11.1. The van der Waals surface area contributed by atoms with E-state index < -0.39 is 10.9 Å². The maximum Gasteiger partial charge on any atom is 0.253 e. The molecular formula is C12H21N3O2. The van der Waals surface area contributed by atoms with Crippen LogP contribution in [-0.2, 0) is 0 Å². The van der Waals surface area contributed by atoms with E-state index >= 15 is 0 Å². The fourth-order valence-electron chi connectivity index (χ4n) is 1.85. The van der Waals surface area contributed by atoms with Gasteiger partial charge < -0.3 is 15.5 Å². The van der Waals surface area contributed by atoms with Crippen LogP contribution in [-0.4, -0.2) is 38.1 Å². The second-order valence-electron chi connectivity index (χ2n) is 3.97. The topological polar surface area (TPSA) is 61.4 Å². The van der Waals surface area contributed by atoms with E-state index in [2.05, 4.69) is 29.4 Å². The molecule has 96 valence electrons. The minimum Gasteiger partial charge on any atom is -0.383 e. The van der Waals surface area contributed by atoms with Crippen molar-refractivity contribution in [2.24, 2.45) is 0 Å². The summed E-state index contributed by atoms with van der Waals surface area (Å²) in [5.74, 6) is 0. The molecule has 2 N–H and O–H groups in total. The van der Waals surface area contributed by atoms with Crippen molar-refractivity contribution in [3.05, 3.63) is 20.4 Å². The smallest absolute Gasteiger partial charge is 0.253 e. The molecule has 5 nitrogen and oxygen atoms in total. The van der Waals surface area contributed by atoms with E-state index in [4.69, 9.17) is 0 Å². The molecule has 0 bridgehead atoms. The summed E-state index contributed by atoms with van der Waals surface area (Å²) in [6.07, 6.45) is 0.962. The van der Waals surface area contributed by atoms with Gasteiger partial charge in [0.1, 0.15) is 11.4 Å². The van der Waals surface area contributed by atoms with Gasteiger partial charge in [-0.1, -0.05) is 13.8 Å². The van der Waals surface area contributed by atoms with Crippen LogP contribution >= 0.6 is 0 Å². The second-order valence-corrected chi connectivity index (χ2v) is 3.97. The first-order valence-electron chi connectivity index (χ1n) is 6.12. The Morgan fingerprint density at radius 1 is 1.06 bits per heavy atom. The molecule has 1 aromatic rings. The van der Waals surface area contributed by atoms with Gasteiger partial charge >= 0.3 is 0 Å². The van der Waals surface area contributed by atoms with Crippen molar-refractivity contribution < 1.29 is 0 Å². The molecule has 1 rings (SSSR count). The zero-order valence-corrected chi connectivity index (χ0v) is 10.8. The summed E-state index contributed by atoms with van der Waals surface area (Å²) in [6.45, 7) is 8.07. The highest BCUT2D eigenvalue weighted by Crippen LogP contribution is 2.12. The molecule has 0 amide bonds. The van der Waals surface area contributed by atoms with Gasteiger partial charge in [0.15, 0.2) is 0 Å². The molecule has 0 saturated carbocycles. The van der Waals surface area contributed by atoms with Crippen molar-refractivity contribution in [3.8, 4) is 0 Å². The Labute approximate surface area is 102 Å². The molecule has 1 aromatic carbocycles. The van der Waals surface area contributed by atoms with Gasteiger partial charge in [-0.15, -0.1) is 0 Å². The van der Waals surface area contributed by atoms with E-state index in [1.54, 1.807) is 7.05 Å². The van der Waals surface area contributed by atoms with Crippen LogP contribution in [0.25, 0.3) is 0 Å². The number of anilines is 2. The fourth-order valence-corrected chi connectivity index (χ4v) is 1.85. The third kappa shape index (κ3) is 3.06. The van der Waals surface area contributed by atoms with Gasteiger partial charge in [-0.2, -0.15) is 0 Å². The van der Waals surface area contributed by atoms with Gasteiger partial charge in [0, 0.05) is 13.6 Å². The van der Waals surface area contributed by atoms with Crippen LogP contribution in [0.2, 0.25) is 0 Å². The molecule has 0 radical (unpaired) electrons. The van der Waals surface area contributed by atoms with Gasteiger partial charge in [-0.05, 0) is 26.1 Å². The standard InChI is InChI=1S/C12H21N3O2/c1-4-15(5-2)8-6-7-14-10-9(13-3)11(16)12(10)17/h13-14H,4-8H2,1-3H3. The molecule has 0 heterocycles. The zero-order valence-electron chi connectivity index (χ0n) is 10.8. The Morgan fingerprint density at radius 2 is 1.65 bits per heavy atom. The van der Waals surface area contributed by atoms with Crippen molar-refractivity contribution in [2.45, 2.75) is 20.3 Å². The number of hydrogen-bond donors (Lipinski definition) is 2. The average Bonchev–Trinajstić information content (AvgIpc) is 2.36. The summed E-state index contributed by atoms with van der Waals surface area (Å²) < 4.78 is 0. The van der Waals surface area contributed by atoms with Crippen LogP contribution in [0.5, 0.6) is 0 Å². The minimum atomic E-state index is -0.418. The maximum absolute atomic E-state index is 11.3. The van der Waals surface area contributed by atoms with E-state index in [9.17, 15) is 9.59 Å². The Bertz CT molecular complexity index is 417. The quantitative estimate of drug-likeness (QED) is 0.510. The lowest BCUT2D eigenvalue weighted by Crippen LogP contribution is -2.37. The molecule has 0 spiro atoms. The molecule has 17 heavy (non-hydrogen) atoms. The van der Waals surface area contributed by atoms with Gasteiger partial charge in [-0.25, -0.2) is 0 Å². The van der Waals surface area contributed by atoms with E-state index in [0.29, 0.717) is 11.4 Å². The summed E-state index contributed by atoms with van der Waals surface area (Å²) in [4.78, 5) is 24.7. The van der Waals surface area contributed by atoms with Crippen LogP contribution in [0.1, 0.15) is 20.3 Å². The van der Waals surface area contributed by atoms with Crippen LogP contribution in [0.3, 0.4) is 0 Å². The van der Waals surface area contributed by atoms with Crippen LogP contribution in [0.4, 0.5) is 11.4 Å². The van der Waals surface area contributed by atoms with Crippen LogP contribution in [0.15, 0.2) is 9.59 Å². The van der Waals surface area contributed by atoms with E-state index in [1.165, 1.54) is 0 Å². The van der Waals surface area contributed by atoms with Gasteiger partial charge in [0.25, 0.3) is 10.9 Å². The molecular weight excluding hydrogens is 218 g/mol. The molecule has 0 saturated heterocycles. The van der Waals surface area contributed by atoms with Crippen LogP contribution in [0, 0.1) is 0 Å². The Balaban J connectivity index is 2.34. The van der Waals surface area contributed by atoms with Crippen LogP contribution < -0.4 is 21.5 Å². The predicted octanol–water partition coefficient (Wildman–Crippen LogP) is 0.468. The van der Waals surface area contributed by atoms with Crippen molar-refractivity contribution in [2.75, 3.05) is 43.9 Å². The van der Waals surface area contributed by atoms with Crippen molar-refractivity contribution in [1.82, 2.24) is 4.90 Å². The highest BCUT2D eigenvalue weighted by atomic mass is 16.2. The fraction of sp³-hybridized carbons (Fsp3) is 0.667. The molecule has 0 fully saturated rings. The third-order valence-electron chi connectivity index (χ3n) is 3.01. The molecule has 0 aliphatic heterocycles. The molecule has 0 aromatic heterocycles. The van der Waals surface area contributed by atoms with Gasteiger partial charge in [0.2, 0.25) is 0 Å². The van der Waals surface area contributed by atoms with Crippen molar-refractivity contribution in [1.29, 1.82) is 0 Å². The summed E-state index contributed by atoms with van der Waals surface area (Å²) in [5.41, 5.74) is 0.0332. The molecule has 0 aliphatic rings. The monoisotopic (exact) mass is 239 g/mol. The highest BCUT2D eigenvalue weighted by molar-refractivity contribution is 5.73. The summed E-state index contributed by atoms with van der Waals surface area (Å²) >= 11 is 0. The highest BCUT2D eigenvalue weighted by Gasteiger charge is 2.18. The van der Waals surface area contributed by atoms with Gasteiger partial charge in [0.05, 0.1) is 0 Å². The first kappa shape index (κ1) is 13.7. The molecule has 5 heteroatoms. The summed E-state index contributed by atoms with van der Waals surface area (Å²) in [7, 11) is 1.65. The Kier molecular flexibility index (Phi) is 5.15. The number of rotatable bonds is 8. The van der Waals surface area contributed by atoms with Crippen molar-refractivity contribution in [3.63, 3.8) is 0 Å². The number of nitrogens with zero attached hydrogens (tertiary/aromatic N) is 1. The number of nitrogens with one attached hydrogen (secondary N) is 2. The van der Waals surface area contributed by atoms with E-state index in [-0.39, 0.29) is 0 Å². The van der Waals surface area contributed by atoms with E-state index in [1.807, 2.05) is 0 Å². The third-order valence-corrected chi connectivity index (χ3v) is 3.01. The Morgan fingerprint density at radius 3 is 2.18 bits per heavy atom. The molecule has 0 aliphatic carbocycles. The zero-order chi connectivity index (χ0) is 12.8. The summed E-state index contributed by atoms with van der Waals surface area (Å²) in [6, 6.07) is 0. The first-order valence-corrected chi connectivity index (χ1v) is 6.12. The lowest BCUT2D eigenvalue weighted by molar-refractivity contribution is 0.303. The lowest BCUT2D eigenvalue weighted by atomic mass is 10.2. The Hall–Kier alpha value is -1.36. The number of hydrogen-bond acceptors (Lipinski definition) is 5. The SMILES string of the molecule is CCN(CC)CCCNc1c(NC)c(=O)c1=O.